The van der Waals surface area contributed by atoms with E-state index in [9.17, 15) is 4.79 Å². The van der Waals surface area contributed by atoms with Gasteiger partial charge in [-0.2, -0.15) is 0 Å². The van der Waals surface area contributed by atoms with Gasteiger partial charge >= 0.3 is 0 Å². The molecule has 1 aromatic heterocycles. The number of halogens is 1. The van der Waals surface area contributed by atoms with Crippen LogP contribution in [0.4, 0.5) is 0 Å². The van der Waals surface area contributed by atoms with Crippen LogP contribution in [0.1, 0.15) is 52.2 Å². The van der Waals surface area contributed by atoms with Gasteiger partial charge in [0.25, 0.3) is 5.91 Å². The molecule has 1 aromatic carbocycles. The largest absolute Gasteiger partial charge is 0.489 e. The highest BCUT2D eigenvalue weighted by Crippen LogP contribution is 2.29. The predicted octanol–water partition coefficient (Wildman–Crippen LogP) is 5.38. The van der Waals surface area contributed by atoms with Crippen LogP contribution in [0.25, 0.3) is 0 Å². The Kier molecular flexibility index (Phi) is 6.78. The second kappa shape index (κ2) is 9.50. The molecule has 2 fully saturated rings. The van der Waals surface area contributed by atoms with E-state index >= 15 is 0 Å². The molecule has 3 heterocycles. The van der Waals surface area contributed by atoms with Crippen LogP contribution in [-0.2, 0) is 6.54 Å². The molecular weight excluding hydrogens is 404 g/mol. The Morgan fingerprint density at radius 3 is 2.55 bits per heavy atom. The molecule has 0 N–H and O–H groups in total. The van der Waals surface area contributed by atoms with E-state index in [0.717, 1.165) is 58.4 Å². The van der Waals surface area contributed by atoms with Crippen LogP contribution in [0.3, 0.4) is 0 Å². The molecule has 0 spiro atoms. The summed E-state index contributed by atoms with van der Waals surface area (Å²) in [4.78, 5) is 20.3. The third-order valence-corrected chi connectivity index (χ3v) is 7.04. The fraction of sp³-hybridized carbons (Fsp3) is 0.522. The molecule has 0 radical (unpaired) electrons. The monoisotopic (exact) mass is 432 g/mol. The Morgan fingerprint density at radius 2 is 1.86 bits per heavy atom. The molecule has 2 aromatic rings. The van der Waals surface area contributed by atoms with Gasteiger partial charge < -0.3 is 9.64 Å². The number of hydrogen-bond donors (Lipinski definition) is 0. The summed E-state index contributed by atoms with van der Waals surface area (Å²) in [6, 6.07) is 9.84. The molecule has 2 saturated heterocycles. The zero-order valence-electron chi connectivity index (χ0n) is 17.0. The second-order valence-corrected chi connectivity index (χ2v) is 9.91. The first-order valence-electron chi connectivity index (χ1n) is 10.6. The highest BCUT2D eigenvalue weighted by atomic mass is 35.5. The molecular formula is C23H29ClN2O2S. The van der Waals surface area contributed by atoms with E-state index in [1.165, 1.54) is 16.2 Å². The van der Waals surface area contributed by atoms with E-state index < -0.39 is 0 Å². The van der Waals surface area contributed by atoms with E-state index in [4.69, 9.17) is 16.3 Å². The van der Waals surface area contributed by atoms with Crippen molar-refractivity contribution in [1.82, 2.24) is 9.80 Å². The smallest absolute Gasteiger partial charge is 0.257 e. The number of aryl methyl sites for hydroxylation is 1. The van der Waals surface area contributed by atoms with Gasteiger partial charge in [-0.25, -0.2) is 0 Å². The number of hydrogen-bond acceptors (Lipinski definition) is 4. The Bertz CT molecular complexity index is 839. The standard InChI is InChI=1S/C23H29ClN2O2S/c1-17-5-7-20(29-17)16-25-13-9-19(10-14-25)28-22-15-18(24)6-8-21(22)23(27)26-11-3-2-4-12-26/h5-8,15,19H,2-4,9-14,16H2,1H3. The summed E-state index contributed by atoms with van der Waals surface area (Å²) in [5, 5.41) is 0.612. The van der Waals surface area contributed by atoms with Crippen LogP contribution in [-0.4, -0.2) is 48.0 Å². The number of benzene rings is 1. The number of thiophene rings is 1. The van der Waals surface area contributed by atoms with Crippen molar-refractivity contribution in [3.8, 4) is 5.75 Å². The van der Waals surface area contributed by atoms with Gasteiger partial charge in [0.15, 0.2) is 0 Å². The molecule has 0 aliphatic carbocycles. The number of carbonyl (C=O) groups is 1. The van der Waals surface area contributed by atoms with Gasteiger partial charge in [0.1, 0.15) is 11.9 Å². The zero-order valence-corrected chi connectivity index (χ0v) is 18.6. The number of rotatable bonds is 5. The van der Waals surface area contributed by atoms with Gasteiger partial charge in [0.2, 0.25) is 0 Å². The maximum atomic E-state index is 13.0. The van der Waals surface area contributed by atoms with E-state index in [-0.39, 0.29) is 12.0 Å². The summed E-state index contributed by atoms with van der Waals surface area (Å²) in [6.45, 7) is 6.86. The first kappa shape index (κ1) is 20.7. The molecule has 1 amide bonds. The van der Waals surface area contributed by atoms with Crippen LogP contribution in [0.2, 0.25) is 5.02 Å². The SMILES string of the molecule is Cc1ccc(CN2CCC(Oc3cc(Cl)ccc3C(=O)N3CCCCC3)CC2)s1. The summed E-state index contributed by atoms with van der Waals surface area (Å²) in [6.07, 6.45) is 5.43. The number of likely N-dealkylation sites (tertiary alicyclic amines) is 2. The molecule has 4 nitrogen and oxygen atoms in total. The number of carbonyl (C=O) groups excluding carboxylic acids is 1. The molecule has 0 bridgehead atoms. The molecule has 4 rings (SSSR count). The lowest BCUT2D eigenvalue weighted by atomic mass is 10.1. The van der Waals surface area contributed by atoms with Gasteiger partial charge in [-0.15, -0.1) is 11.3 Å². The van der Waals surface area contributed by atoms with E-state index in [0.29, 0.717) is 16.3 Å². The minimum Gasteiger partial charge on any atom is -0.489 e. The fourth-order valence-corrected chi connectivity index (χ4v) is 5.29. The normalized spacial score (nSPS) is 18.8. The van der Waals surface area contributed by atoms with Gasteiger partial charge in [-0.1, -0.05) is 11.6 Å². The first-order valence-corrected chi connectivity index (χ1v) is 11.8. The predicted molar refractivity (Wildman–Crippen MR) is 119 cm³/mol. The highest BCUT2D eigenvalue weighted by Gasteiger charge is 2.25. The molecule has 2 aliphatic rings. The second-order valence-electron chi connectivity index (χ2n) is 8.10. The summed E-state index contributed by atoms with van der Waals surface area (Å²) >= 11 is 8.10. The fourth-order valence-electron chi connectivity index (χ4n) is 4.19. The zero-order chi connectivity index (χ0) is 20.2. The highest BCUT2D eigenvalue weighted by molar-refractivity contribution is 7.11. The van der Waals surface area contributed by atoms with Crippen molar-refractivity contribution in [1.29, 1.82) is 0 Å². The quantitative estimate of drug-likeness (QED) is 0.635. The molecule has 6 heteroatoms. The van der Waals surface area contributed by atoms with Crippen molar-refractivity contribution in [2.45, 2.75) is 51.7 Å². The van der Waals surface area contributed by atoms with Crippen LogP contribution < -0.4 is 4.74 Å². The Balaban J connectivity index is 1.38. The number of amides is 1. The third kappa shape index (κ3) is 5.33. The lowest BCUT2D eigenvalue weighted by Gasteiger charge is -2.33. The third-order valence-electron chi connectivity index (χ3n) is 5.82. The molecule has 0 atom stereocenters. The average Bonchev–Trinajstić information content (AvgIpc) is 3.14. The molecule has 0 unspecified atom stereocenters. The van der Waals surface area contributed by atoms with Crippen molar-refractivity contribution < 1.29 is 9.53 Å². The number of nitrogens with zero attached hydrogens (tertiary/aromatic N) is 2. The van der Waals surface area contributed by atoms with Crippen LogP contribution in [0.15, 0.2) is 30.3 Å². The Labute approximate surface area is 182 Å². The lowest BCUT2D eigenvalue weighted by molar-refractivity contribution is 0.0702. The van der Waals surface area contributed by atoms with E-state index in [2.05, 4.69) is 24.0 Å². The lowest BCUT2D eigenvalue weighted by Crippen LogP contribution is -2.38. The van der Waals surface area contributed by atoms with Gasteiger partial charge in [0, 0.05) is 47.5 Å². The van der Waals surface area contributed by atoms with Crippen LogP contribution in [0.5, 0.6) is 5.75 Å². The summed E-state index contributed by atoms with van der Waals surface area (Å²) < 4.78 is 6.33. The minimum absolute atomic E-state index is 0.0712. The topological polar surface area (TPSA) is 32.8 Å². The van der Waals surface area contributed by atoms with Crippen molar-refractivity contribution >= 4 is 28.8 Å². The van der Waals surface area contributed by atoms with Crippen molar-refractivity contribution in [2.24, 2.45) is 0 Å². The number of piperidine rings is 2. The van der Waals surface area contributed by atoms with E-state index in [1.54, 1.807) is 12.1 Å². The van der Waals surface area contributed by atoms with Crippen molar-refractivity contribution in [3.05, 3.63) is 50.7 Å². The number of ether oxygens (including phenoxy) is 1. The maximum absolute atomic E-state index is 13.0. The maximum Gasteiger partial charge on any atom is 0.257 e. The first-order chi connectivity index (χ1) is 14.1. The van der Waals surface area contributed by atoms with Crippen molar-refractivity contribution in [3.63, 3.8) is 0 Å². The molecule has 29 heavy (non-hydrogen) atoms. The van der Waals surface area contributed by atoms with E-state index in [1.807, 2.05) is 22.3 Å². The molecule has 156 valence electrons. The Morgan fingerprint density at radius 1 is 1.10 bits per heavy atom. The summed E-state index contributed by atoms with van der Waals surface area (Å²) in [5.41, 5.74) is 0.646. The Hall–Kier alpha value is -1.56. The van der Waals surface area contributed by atoms with Gasteiger partial charge in [-0.05, 0) is 69.4 Å². The summed E-state index contributed by atoms with van der Waals surface area (Å²) in [7, 11) is 0. The van der Waals surface area contributed by atoms with Crippen molar-refractivity contribution in [2.75, 3.05) is 26.2 Å². The van der Waals surface area contributed by atoms with Crippen LogP contribution in [0, 0.1) is 6.92 Å². The molecule has 2 aliphatic heterocycles. The summed E-state index contributed by atoms with van der Waals surface area (Å²) in [5.74, 6) is 0.710. The average molecular weight is 433 g/mol. The molecule has 0 saturated carbocycles. The van der Waals surface area contributed by atoms with Gasteiger partial charge in [0.05, 0.1) is 5.56 Å². The minimum atomic E-state index is 0.0712. The van der Waals surface area contributed by atoms with Crippen LogP contribution >= 0.6 is 22.9 Å². The van der Waals surface area contributed by atoms with Gasteiger partial charge in [-0.3, -0.25) is 9.69 Å².